The Morgan fingerprint density at radius 3 is 3.06 bits per heavy atom. The molecule has 0 radical (unpaired) electrons. The summed E-state index contributed by atoms with van der Waals surface area (Å²) in [6, 6.07) is 0. The van der Waals surface area contributed by atoms with Crippen LogP contribution in [-0.4, -0.2) is 55.2 Å². The summed E-state index contributed by atoms with van der Waals surface area (Å²) in [7, 11) is 0. The van der Waals surface area contributed by atoms with Crippen LogP contribution < -0.4 is 10.6 Å². The smallest absolute Gasteiger partial charge is 0.416 e. The summed E-state index contributed by atoms with van der Waals surface area (Å²) in [4.78, 5) is 24.0. The minimum atomic E-state index is -0.526. The van der Waals surface area contributed by atoms with E-state index < -0.39 is 6.09 Å². The highest BCUT2D eigenvalue weighted by atomic mass is 16.6. The summed E-state index contributed by atoms with van der Waals surface area (Å²) >= 11 is 0. The maximum absolute atomic E-state index is 11.7. The fourth-order valence-electron chi connectivity index (χ4n) is 1.97. The van der Waals surface area contributed by atoms with Crippen molar-refractivity contribution in [2.75, 3.05) is 32.8 Å². The second-order valence-corrected chi connectivity index (χ2v) is 4.50. The van der Waals surface area contributed by atoms with Crippen LogP contribution in [0.3, 0.4) is 0 Å². The molecule has 2 amide bonds. The molecule has 1 unspecified atom stereocenters. The molecule has 0 aromatic rings. The third-order valence-electron chi connectivity index (χ3n) is 3.10. The van der Waals surface area contributed by atoms with Crippen molar-refractivity contribution < 1.29 is 14.3 Å². The Bertz CT molecular complexity index is 300. The minimum absolute atomic E-state index is 0.0424. The van der Waals surface area contributed by atoms with Gasteiger partial charge in [0, 0.05) is 12.1 Å². The van der Waals surface area contributed by atoms with Gasteiger partial charge in [0.2, 0.25) is 5.91 Å². The first-order valence-electron chi connectivity index (χ1n) is 5.54. The predicted octanol–water partition coefficient (Wildman–Crippen LogP) is -0.693. The van der Waals surface area contributed by atoms with E-state index in [0.717, 1.165) is 24.4 Å². The molecule has 0 aromatic heterocycles. The molecule has 0 saturated carbocycles. The number of ether oxygens (including phenoxy) is 1. The van der Waals surface area contributed by atoms with Crippen molar-refractivity contribution in [1.29, 1.82) is 0 Å². The maximum Gasteiger partial charge on any atom is 0.416 e. The van der Waals surface area contributed by atoms with Crippen LogP contribution >= 0.6 is 0 Å². The standard InChI is InChI=1S/C10H17N3O3/c1-10(2-3-11-7-10)12-6-8(14)13-4-5-16-9(13)15/h11-12H,2-7H2,1H3. The van der Waals surface area contributed by atoms with Gasteiger partial charge in [-0.05, 0) is 19.9 Å². The second-order valence-electron chi connectivity index (χ2n) is 4.50. The molecule has 2 heterocycles. The summed E-state index contributed by atoms with van der Waals surface area (Å²) in [5.41, 5.74) is -0.0424. The van der Waals surface area contributed by atoms with Gasteiger partial charge < -0.3 is 15.4 Å². The molecule has 2 aliphatic heterocycles. The first-order chi connectivity index (χ1) is 7.61. The van der Waals surface area contributed by atoms with Crippen LogP contribution in [0.5, 0.6) is 0 Å². The molecule has 0 aromatic carbocycles. The highest BCUT2D eigenvalue weighted by Crippen LogP contribution is 2.13. The van der Waals surface area contributed by atoms with Gasteiger partial charge in [-0.25, -0.2) is 9.69 Å². The Balaban J connectivity index is 1.81. The lowest BCUT2D eigenvalue weighted by atomic mass is 10.0. The van der Waals surface area contributed by atoms with Crippen molar-refractivity contribution in [3.8, 4) is 0 Å². The van der Waals surface area contributed by atoms with E-state index in [2.05, 4.69) is 17.6 Å². The van der Waals surface area contributed by atoms with Crippen molar-refractivity contribution in [2.24, 2.45) is 0 Å². The Morgan fingerprint density at radius 2 is 2.50 bits per heavy atom. The Morgan fingerprint density at radius 1 is 1.69 bits per heavy atom. The molecule has 2 saturated heterocycles. The molecule has 0 spiro atoms. The van der Waals surface area contributed by atoms with Crippen molar-refractivity contribution >= 4 is 12.0 Å². The van der Waals surface area contributed by atoms with Gasteiger partial charge in [-0.3, -0.25) is 4.79 Å². The molecule has 90 valence electrons. The van der Waals surface area contributed by atoms with Gasteiger partial charge in [0.25, 0.3) is 0 Å². The lowest BCUT2D eigenvalue weighted by Gasteiger charge is -2.24. The van der Waals surface area contributed by atoms with Crippen LogP contribution in [0.15, 0.2) is 0 Å². The topological polar surface area (TPSA) is 70.7 Å². The van der Waals surface area contributed by atoms with E-state index in [1.165, 1.54) is 0 Å². The third kappa shape index (κ3) is 2.33. The van der Waals surface area contributed by atoms with Gasteiger partial charge >= 0.3 is 6.09 Å². The number of nitrogens with one attached hydrogen (secondary N) is 2. The Labute approximate surface area is 94.3 Å². The van der Waals surface area contributed by atoms with E-state index >= 15 is 0 Å². The summed E-state index contributed by atoms with van der Waals surface area (Å²) in [6.07, 6.45) is 0.464. The van der Waals surface area contributed by atoms with Crippen LogP contribution in [0.25, 0.3) is 0 Å². The number of rotatable bonds is 3. The summed E-state index contributed by atoms with van der Waals surface area (Å²) in [5, 5.41) is 6.43. The zero-order valence-electron chi connectivity index (χ0n) is 9.41. The molecule has 6 nitrogen and oxygen atoms in total. The molecular formula is C10H17N3O3. The van der Waals surface area contributed by atoms with Gasteiger partial charge in [0.05, 0.1) is 13.1 Å². The summed E-state index contributed by atoms with van der Waals surface area (Å²) < 4.78 is 4.71. The van der Waals surface area contributed by atoms with E-state index in [9.17, 15) is 9.59 Å². The highest BCUT2D eigenvalue weighted by molar-refractivity contribution is 5.94. The number of hydrogen-bond donors (Lipinski definition) is 2. The lowest BCUT2D eigenvalue weighted by Crippen LogP contribution is -2.49. The van der Waals surface area contributed by atoms with Gasteiger partial charge in [0.1, 0.15) is 6.61 Å². The fraction of sp³-hybridized carbons (Fsp3) is 0.800. The largest absolute Gasteiger partial charge is 0.447 e. The van der Waals surface area contributed by atoms with Gasteiger partial charge in [-0.2, -0.15) is 0 Å². The Hall–Kier alpha value is -1.14. The molecule has 0 bridgehead atoms. The molecule has 1 atom stereocenters. The van der Waals surface area contributed by atoms with Gasteiger partial charge in [-0.15, -0.1) is 0 Å². The normalized spacial score (nSPS) is 29.6. The zero-order valence-corrected chi connectivity index (χ0v) is 9.41. The van der Waals surface area contributed by atoms with Crippen LogP contribution in [-0.2, 0) is 9.53 Å². The molecule has 2 N–H and O–H groups in total. The number of imide groups is 1. The number of cyclic esters (lactones) is 1. The molecule has 2 rings (SSSR count). The first kappa shape index (κ1) is 11.3. The van der Waals surface area contributed by atoms with Crippen LogP contribution in [0.2, 0.25) is 0 Å². The number of carbonyl (C=O) groups is 2. The van der Waals surface area contributed by atoms with Crippen molar-refractivity contribution in [3.05, 3.63) is 0 Å². The van der Waals surface area contributed by atoms with E-state index in [0.29, 0.717) is 13.2 Å². The van der Waals surface area contributed by atoms with Gasteiger partial charge in [-0.1, -0.05) is 0 Å². The summed E-state index contributed by atoms with van der Waals surface area (Å²) in [5.74, 6) is -0.212. The van der Waals surface area contributed by atoms with Crippen molar-refractivity contribution in [1.82, 2.24) is 15.5 Å². The van der Waals surface area contributed by atoms with E-state index in [1.807, 2.05) is 0 Å². The van der Waals surface area contributed by atoms with Crippen molar-refractivity contribution in [2.45, 2.75) is 18.9 Å². The molecule has 16 heavy (non-hydrogen) atoms. The quantitative estimate of drug-likeness (QED) is 0.667. The fourth-order valence-corrected chi connectivity index (χ4v) is 1.97. The lowest BCUT2D eigenvalue weighted by molar-refractivity contribution is -0.127. The maximum atomic E-state index is 11.7. The average molecular weight is 227 g/mol. The van der Waals surface area contributed by atoms with Crippen LogP contribution in [0, 0.1) is 0 Å². The molecule has 2 aliphatic rings. The highest BCUT2D eigenvalue weighted by Gasteiger charge is 2.32. The number of amides is 2. The monoisotopic (exact) mass is 227 g/mol. The number of nitrogens with zero attached hydrogens (tertiary/aromatic N) is 1. The van der Waals surface area contributed by atoms with E-state index in [1.54, 1.807) is 0 Å². The van der Waals surface area contributed by atoms with Gasteiger partial charge in [0.15, 0.2) is 0 Å². The number of carbonyl (C=O) groups excluding carboxylic acids is 2. The SMILES string of the molecule is CC1(NCC(=O)N2CCOC2=O)CCNC1. The van der Waals surface area contributed by atoms with Crippen molar-refractivity contribution in [3.63, 3.8) is 0 Å². The average Bonchev–Trinajstić information content (AvgIpc) is 2.85. The Kier molecular flexibility index (Phi) is 3.11. The first-order valence-corrected chi connectivity index (χ1v) is 5.54. The number of hydrogen-bond acceptors (Lipinski definition) is 5. The second kappa shape index (κ2) is 4.39. The van der Waals surface area contributed by atoms with E-state index in [4.69, 9.17) is 4.74 Å². The van der Waals surface area contributed by atoms with Crippen LogP contribution in [0.1, 0.15) is 13.3 Å². The minimum Gasteiger partial charge on any atom is -0.447 e. The molecule has 0 aliphatic carbocycles. The summed E-state index contributed by atoms with van der Waals surface area (Å²) in [6.45, 7) is 4.75. The van der Waals surface area contributed by atoms with E-state index in [-0.39, 0.29) is 18.0 Å². The third-order valence-corrected chi connectivity index (χ3v) is 3.10. The molecular weight excluding hydrogens is 210 g/mol. The molecule has 2 fully saturated rings. The molecule has 6 heteroatoms. The zero-order chi connectivity index (χ0) is 11.6. The predicted molar refractivity (Wildman–Crippen MR) is 57.0 cm³/mol. The van der Waals surface area contributed by atoms with Crippen LogP contribution in [0.4, 0.5) is 4.79 Å².